The lowest BCUT2D eigenvalue weighted by molar-refractivity contribution is -0.01000. The summed E-state index contributed by atoms with van der Waals surface area (Å²) in [6, 6.07) is 2.11. The minimum Gasteiger partial charge on any atom is -0.389 e. The van der Waals surface area contributed by atoms with Crippen LogP contribution in [0.1, 0.15) is 24.3 Å². The molecule has 1 heterocycles. The lowest BCUT2D eigenvalue weighted by Crippen LogP contribution is -2.30. The third-order valence-electron chi connectivity index (χ3n) is 2.62. The highest BCUT2D eigenvalue weighted by atomic mass is 32.1. The van der Waals surface area contributed by atoms with Crippen LogP contribution in [0.25, 0.3) is 0 Å². The molecule has 0 amide bonds. The first-order valence-corrected chi connectivity index (χ1v) is 7.58. The largest absolute Gasteiger partial charge is 0.389 e. The van der Waals surface area contributed by atoms with Crippen LogP contribution in [0.5, 0.6) is 0 Å². The smallest absolute Gasteiger partial charge is 0.0897 e. The van der Waals surface area contributed by atoms with Gasteiger partial charge < -0.3 is 19.9 Å². The van der Waals surface area contributed by atoms with Gasteiger partial charge >= 0.3 is 0 Å². The molecule has 110 valence electrons. The molecular formula is C14H25NO3S. The van der Waals surface area contributed by atoms with Gasteiger partial charge in [0.05, 0.1) is 32.0 Å². The molecule has 0 saturated carbocycles. The number of hydrogen-bond acceptors (Lipinski definition) is 5. The Labute approximate surface area is 119 Å². The van der Waals surface area contributed by atoms with Gasteiger partial charge in [0, 0.05) is 18.0 Å². The van der Waals surface area contributed by atoms with E-state index in [4.69, 9.17) is 9.47 Å². The van der Waals surface area contributed by atoms with E-state index in [2.05, 4.69) is 23.7 Å². The lowest BCUT2D eigenvalue weighted by Gasteiger charge is -2.13. The Morgan fingerprint density at radius 3 is 2.79 bits per heavy atom. The van der Waals surface area contributed by atoms with Gasteiger partial charge in [-0.15, -0.1) is 11.3 Å². The van der Waals surface area contributed by atoms with Crippen molar-refractivity contribution in [3.05, 3.63) is 21.9 Å². The van der Waals surface area contributed by atoms with E-state index in [-0.39, 0.29) is 6.10 Å². The molecule has 2 N–H and O–H groups in total. The second kappa shape index (κ2) is 9.44. The molecule has 1 atom stereocenters. The minimum atomic E-state index is -0.473. The standard InChI is InChI=1S/C14H25NO3S/c1-11(2)18-6-5-17-10-13(16)8-15-9-14-12(3)4-7-19-14/h4,7,11,13,15-16H,5-6,8-10H2,1-3H3. The van der Waals surface area contributed by atoms with Gasteiger partial charge in [-0.2, -0.15) is 0 Å². The number of nitrogens with one attached hydrogen (secondary N) is 1. The number of aliphatic hydroxyl groups excluding tert-OH is 1. The number of aliphatic hydroxyl groups is 1. The van der Waals surface area contributed by atoms with Crippen molar-refractivity contribution in [1.82, 2.24) is 5.32 Å². The number of aryl methyl sites for hydroxylation is 1. The highest BCUT2D eigenvalue weighted by Crippen LogP contribution is 2.14. The molecule has 0 aliphatic rings. The Bertz CT molecular complexity index is 341. The van der Waals surface area contributed by atoms with Gasteiger partial charge in [-0.1, -0.05) is 0 Å². The maximum absolute atomic E-state index is 9.73. The SMILES string of the molecule is Cc1ccsc1CNCC(O)COCCOC(C)C. The van der Waals surface area contributed by atoms with Crippen molar-refractivity contribution in [3.63, 3.8) is 0 Å². The Hall–Kier alpha value is -0.460. The van der Waals surface area contributed by atoms with E-state index in [0.29, 0.717) is 26.4 Å². The summed E-state index contributed by atoms with van der Waals surface area (Å²) in [4.78, 5) is 1.32. The Morgan fingerprint density at radius 2 is 2.16 bits per heavy atom. The van der Waals surface area contributed by atoms with Crippen LogP contribution in [0, 0.1) is 6.92 Å². The Morgan fingerprint density at radius 1 is 1.37 bits per heavy atom. The second-order valence-corrected chi connectivity index (χ2v) is 5.81. The van der Waals surface area contributed by atoms with Gasteiger partial charge in [0.25, 0.3) is 0 Å². The molecule has 0 radical (unpaired) electrons. The van der Waals surface area contributed by atoms with Gasteiger partial charge in [-0.05, 0) is 37.8 Å². The number of ether oxygens (including phenoxy) is 2. The summed E-state index contributed by atoms with van der Waals surface area (Å²) in [5.41, 5.74) is 1.30. The van der Waals surface area contributed by atoms with E-state index < -0.39 is 6.10 Å². The second-order valence-electron chi connectivity index (χ2n) is 4.81. The third-order valence-corrected chi connectivity index (χ3v) is 3.65. The first-order chi connectivity index (χ1) is 9.09. The summed E-state index contributed by atoms with van der Waals surface area (Å²) in [6.45, 7) is 8.88. The van der Waals surface area contributed by atoms with Crippen LogP contribution in [0.15, 0.2) is 11.4 Å². The van der Waals surface area contributed by atoms with E-state index in [0.717, 1.165) is 6.54 Å². The Kier molecular flexibility index (Phi) is 8.25. The summed E-state index contributed by atoms with van der Waals surface area (Å²) in [6.07, 6.45) is -0.247. The zero-order valence-corrected chi connectivity index (χ0v) is 12.8. The average Bonchev–Trinajstić information content (AvgIpc) is 2.74. The molecule has 1 rings (SSSR count). The van der Waals surface area contributed by atoms with Crippen molar-refractivity contribution in [3.8, 4) is 0 Å². The van der Waals surface area contributed by atoms with E-state index >= 15 is 0 Å². The zero-order chi connectivity index (χ0) is 14.1. The molecule has 5 heteroatoms. The van der Waals surface area contributed by atoms with Crippen molar-refractivity contribution in [2.45, 2.75) is 39.5 Å². The predicted octanol–water partition coefficient (Wildman–Crippen LogP) is 1.95. The van der Waals surface area contributed by atoms with E-state index in [9.17, 15) is 5.11 Å². The van der Waals surface area contributed by atoms with Gasteiger partial charge in [-0.3, -0.25) is 0 Å². The number of hydrogen-bond donors (Lipinski definition) is 2. The van der Waals surface area contributed by atoms with Crippen molar-refractivity contribution < 1.29 is 14.6 Å². The first-order valence-electron chi connectivity index (χ1n) is 6.70. The molecular weight excluding hydrogens is 262 g/mol. The molecule has 1 unspecified atom stereocenters. The third kappa shape index (κ3) is 7.64. The van der Waals surface area contributed by atoms with E-state index in [1.807, 2.05) is 13.8 Å². The number of thiophene rings is 1. The average molecular weight is 287 g/mol. The van der Waals surface area contributed by atoms with E-state index in [1.54, 1.807) is 11.3 Å². The van der Waals surface area contributed by atoms with Gasteiger partial charge in [0.1, 0.15) is 0 Å². The van der Waals surface area contributed by atoms with Crippen LogP contribution < -0.4 is 5.32 Å². The van der Waals surface area contributed by atoms with Crippen molar-refractivity contribution in [2.75, 3.05) is 26.4 Å². The molecule has 0 aliphatic heterocycles. The molecule has 19 heavy (non-hydrogen) atoms. The molecule has 0 aromatic carbocycles. The quantitative estimate of drug-likeness (QED) is 0.646. The summed E-state index contributed by atoms with van der Waals surface area (Å²) >= 11 is 1.74. The fourth-order valence-electron chi connectivity index (χ4n) is 1.56. The summed E-state index contributed by atoms with van der Waals surface area (Å²) in [7, 11) is 0. The zero-order valence-electron chi connectivity index (χ0n) is 12.0. The number of rotatable bonds is 10. The van der Waals surface area contributed by atoms with Crippen LogP contribution in [0.2, 0.25) is 0 Å². The highest BCUT2D eigenvalue weighted by Gasteiger charge is 2.05. The molecule has 1 aromatic heterocycles. The van der Waals surface area contributed by atoms with Crippen LogP contribution in [-0.2, 0) is 16.0 Å². The predicted molar refractivity (Wildman–Crippen MR) is 78.7 cm³/mol. The molecule has 1 aromatic rings. The first kappa shape index (κ1) is 16.6. The summed E-state index contributed by atoms with van der Waals surface area (Å²) in [5.74, 6) is 0. The molecule has 0 saturated heterocycles. The molecule has 4 nitrogen and oxygen atoms in total. The van der Waals surface area contributed by atoms with Crippen LogP contribution >= 0.6 is 11.3 Å². The van der Waals surface area contributed by atoms with Gasteiger partial charge in [-0.25, -0.2) is 0 Å². The molecule has 0 bridgehead atoms. The van der Waals surface area contributed by atoms with Gasteiger partial charge in [0.15, 0.2) is 0 Å². The monoisotopic (exact) mass is 287 g/mol. The van der Waals surface area contributed by atoms with Crippen molar-refractivity contribution >= 4 is 11.3 Å². The topological polar surface area (TPSA) is 50.7 Å². The fourth-order valence-corrected chi connectivity index (χ4v) is 2.43. The van der Waals surface area contributed by atoms with Crippen LogP contribution in [-0.4, -0.2) is 43.7 Å². The normalized spacial score (nSPS) is 13.1. The maximum Gasteiger partial charge on any atom is 0.0897 e. The Balaban J connectivity index is 1.99. The van der Waals surface area contributed by atoms with E-state index in [1.165, 1.54) is 10.4 Å². The minimum absolute atomic E-state index is 0.226. The summed E-state index contributed by atoms with van der Waals surface area (Å²) < 4.78 is 10.7. The molecule has 0 aliphatic carbocycles. The van der Waals surface area contributed by atoms with Crippen LogP contribution in [0.3, 0.4) is 0 Å². The van der Waals surface area contributed by atoms with Crippen molar-refractivity contribution in [2.24, 2.45) is 0 Å². The summed E-state index contributed by atoms with van der Waals surface area (Å²) in [5, 5.41) is 15.1. The molecule has 0 spiro atoms. The maximum atomic E-state index is 9.73. The van der Waals surface area contributed by atoms with Gasteiger partial charge in [0.2, 0.25) is 0 Å². The highest BCUT2D eigenvalue weighted by molar-refractivity contribution is 7.10. The molecule has 0 fully saturated rings. The van der Waals surface area contributed by atoms with Crippen molar-refractivity contribution in [1.29, 1.82) is 0 Å². The van der Waals surface area contributed by atoms with Crippen LogP contribution in [0.4, 0.5) is 0 Å². The fraction of sp³-hybridized carbons (Fsp3) is 0.714. The lowest BCUT2D eigenvalue weighted by atomic mass is 10.3.